The topological polar surface area (TPSA) is 42.0 Å². The largest absolute Gasteiger partial charge is 0.349 e. The number of hydrogen-bond acceptors (Lipinski definition) is 2. The lowest BCUT2D eigenvalue weighted by Crippen LogP contribution is -2.34. The molecule has 1 aliphatic carbocycles. The molecule has 92 valence electrons. The molecule has 1 heterocycles. The van der Waals surface area contributed by atoms with Gasteiger partial charge in [0.1, 0.15) is 0 Å². The van der Waals surface area contributed by atoms with Gasteiger partial charge in [0.2, 0.25) is 5.95 Å². The Labute approximate surface area is 100 Å². The van der Waals surface area contributed by atoms with Crippen LogP contribution < -0.4 is 5.32 Å². The monoisotopic (exact) mass is 236 g/mol. The van der Waals surface area contributed by atoms with Crippen molar-refractivity contribution >= 4 is 5.91 Å². The van der Waals surface area contributed by atoms with Crippen LogP contribution in [0.3, 0.4) is 0 Å². The standard InChI is InChI=1S/C13H17FN2O/c1-2-11(7-9-3-4-9)16-13(17)10-5-6-15-12(14)8-10/h5-6,8-9,11H,2-4,7H2,1H3,(H,16,17)/t11-/m0/s1. The summed E-state index contributed by atoms with van der Waals surface area (Å²) in [5, 5.41) is 2.95. The second kappa shape index (κ2) is 5.25. The quantitative estimate of drug-likeness (QED) is 0.798. The Balaban J connectivity index is 1.94. The summed E-state index contributed by atoms with van der Waals surface area (Å²) >= 11 is 0. The zero-order chi connectivity index (χ0) is 12.3. The average molecular weight is 236 g/mol. The highest BCUT2D eigenvalue weighted by atomic mass is 19.1. The zero-order valence-corrected chi connectivity index (χ0v) is 9.95. The lowest BCUT2D eigenvalue weighted by molar-refractivity contribution is 0.0932. The summed E-state index contributed by atoms with van der Waals surface area (Å²) in [7, 11) is 0. The Hall–Kier alpha value is -1.45. The van der Waals surface area contributed by atoms with Crippen LogP contribution in [0.15, 0.2) is 18.3 Å². The number of hydrogen-bond donors (Lipinski definition) is 1. The molecule has 2 rings (SSSR count). The third-order valence-electron chi connectivity index (χ3n) is 3.13. The Morgan fingerprint density at radius 3 is 3.00 bits per heavy atom. The smallest absolute Gasteiger partial charge is 0.251 e. The second-order valence-electron chi connectivity index (χ2n) is 4.62. The first-order chi connectivity index (χ1) is 8.19. The highest BCUT2D eigenvalue weighted by molar-refractivity contribution is 5.94. The summed E-state index contributed by atoms with van der Waals surface area (Å²) in [5.41, 5.74) is 0.340. The van der Waals surface area contributed by atoms with E-state index in [1.54, 1.807) is 0 Å². The third kappa shape index (κ3) is 3.51. The molecule has 17 heavy (non-hydrogen) atoms. The Kier molecular flexibility index (Phi) is 3.71. The van der Waals surface area contributed by atoms with E-state index in [1.807, 2.05) is 0 Å². The van der Waals surface area contributed by atoms with E-state index >= 15 is 0 Å². The van der Waals surface area contributed by atoms with E-state index < -0.39 is 5.95 Å². The summed E-state index contributed by atoms with van der Waals surface area (Å²) in [6.45, 7) is 2.06. The number of nitrogens with one attached hydrogen (secondary N) is 1. The van der Waals surface area contributed by atoms with E-state index in [0.29, 0.717) is 5.56 Å². The summed E-state index contributed by atoms with van der Waals surface area (Å²) in [6, 6.07) is 2.90. The molecule has 0 saturated heterocycles. The zero-order valence-electron chi connectivity index (χ0n) is 9.95. The number of nitrogens with zero attached hydrogens (tertiary/aromatic N) is 1. The average Bonchev–Trinajstić information content (AvgIpc) is 3.12. The minimum absolute atomic E-state index is 0.200. The maximum atomic E-state index is 12.9. The van der Waals surface area contributed by atoms with Crippen LogP contribution in [0.5, 0.6) is 0 Å². The molecule has 0 aliphatic heterocycles. The van der Waals surface area contributed by atoms with Gasteiger partial charge < -0.3 is 5.32 Å². The van der Waals surface area contributed by atoms with Crippen molar-refractivity contribution in [3.8, 4) is 0 Å². The molecule has 1 atom stereocenters. The van der Waals surface area contributed by atoms with E-state index in [4.69, 9.17) is 0 Å². The van der Waals surface area contributed by atoms with Gasteiger partial charge in [0.25, 0.3) is 5.91 Å². The first kappa shape index (κ1) is 12.0. The molecular weight excluding hydrogens is 219 g/mol. The molecule has 0 aromatic carbocycles. The van der Waals surface area contributed by atoms with Gasteiger partial charge >= 0.3 is 0 Å². The molecular formula is C13H17FN2O. The van der Waals surface area contributed by atoms with Crippen molar-refractivity contribution in [3.05, 3.63) is 29.8 Å². The van der Waals surface area contributed by atoms with Gasteiger partial charge in [-0.15, -0.1) is 0 Å². The van der Waals surface area contributed by atoms with Crippen LogP contribution >= 0.6 is 0 Å². The van der Waals surface area contributed by atoms with E-state index in [9.17, 15) is 9.18 Å². The molecule has 1 fully saturated rings. The fraction of sp³-hybridized carbons (Fsp3) is 0.538. The third-order valence-corrected chi connectivity index (χ3v) is 3.13. The lowest BCUT2D eigenvalue weighted by atomic mass is 10.1. The van der Waals surface area contributed by atoms with Crippen molar-refractivity contribution in [1.29, 1.82) is 0 Å². The van der Waals surface area contributed by atoms with Gasteiger partial charge in [0.15, 0.2) is 0 Å². The molecule has 3 nitrogen and oxygen atoms in total. The minimum atomic E-state index is -0.618. The molecule has 1 N–H and O–H groups in total. The number of amides is 1. The number of halogens is 1. The Morgan fingerprint density at radius 2 is 2.41 bits per heavy atom. The number of aromatic nitrogens is 1. The first-order valence-corrected chi connectivity index (χ1v) is 6.11. The van der Waals surface area contributed by atoms with Crippen LogP contribution in [0.25, 0.3) is 0 Å². The van der Waals surface area contributed by atoms with E-state index in [0.717, 1.165) is 18.8 Å². The fourth-order valence-corrected chi connectivity index (χ4v) is 1.90. The predicted molar refractivity (Wildman–Crippen MR) is 63.1 cm³/mol. The number of pyridine rings is 1. The highest BCUT2D eigenvalue weighted by Gasteiger charge is 2.25. The van der Waals surface area contributed by atoms with E-state index in [-0.39, 0.29) is 11.9 Å². The normalized spacial score (nSPS) is 16.6. The van der Waals surface area contributed by atoms with Crippen LogP contribution in [0.4, 0.5) is 4.39 Å². The molecule has 1 amide bonds. The van der Waals surface area contributed by atoms with Gasteiger partial charge in [-0.2, -0.15) is 4.39 Å². The van der Waals surface area contributed by atoms with E-state index in [2.05, 4.69) is 17.2 Å². The maximum absolute atomic E-state index is 12.9. The SMILES string of the molecule is CC[C@@H](CC1CC1)NC(=O)c1ccnc(F)c1. The van der Waals surface area contributed by atoms with Crippen molar-refractivity contribution in [1.82, 2.24) is 10.3 Å². The van der Waals surface area contributed by atoms with Crippen LogP contribution in [0, 0.1) is 11.9 Å². The predicted octanol–water partition coefficient (Wildman–Crippen LogP) is 2.53. The summed E-state index contributed by atoms with van der Waals surface area (Å²) in [6.07, 6.45) is 5.81. The molecule has 1 saturated carbocycles. The molecule has 4 heteroatoms. The molecule has 0 bridgehead atoms. The summed E-state index contributed by atoms with van der Waals surface area (Å²) in [5.74, 6) is -0.0545. The van der Waals surface area contributed by atoms with Crippen LogP contribution in [-0.4, -0.2) is 16.9 Å². The van der Waals surface area contributed by atoms with Gasteiger partial charge in [-0.05, 0) is 24.8 Å². The minimum Gasteiger partial charge on any atom is -0.349 e. The molecule has 1 aromatic heterocycles. The molecule has 1 aliphatic rings. The lowest BCUT2D eigenvalue weighted by Gasteiger charge is -2.16. The highest BCUT2D eigenvalue weighted by Crippen LogP contribution is 2.34. The van der Waals surface area contributed by atoms with E-state index in [1.165, 1.54) is 31.2 Å². The van der Waals surface area contributed by atoms with Crippen molar-refractivity contribution in [2.75, 3.05) is 0 Å². The van der Waals surface area contributed by atoms with Gasteiger partial charge in [-0.1, -0.05) is 19.8 Å². The van der Waals surface area contributed by atoms with Gasteiger partial charge in [-0.3, -0.25) is 4.79 Å². The first-order valence-electron chi connectivity index (χ1n) is 6.11. The number of carbonyl (C=O) groups excluding carboxylic acids is 1. The second-order valence-corrected chi connectivity index (χ2v) is 4.62. The van der Waals surface area contributed by atoms with Gasteiger partial charge in [0, 0.05) is 23.9 Å². The molecule has 1 aromatic rings. The van der Waals surface area contributed by atoms with Gasteiger partial charge in [0.05, 0.1) is 0 Å². The Bertz CT molecular complexity index is 404. The number of rotatable bonds is 5. The molecule has 0 unspecified atom stereocenters. The Morgan fingerprint density at radius 1 is 1.65 bits per heavy atom. The van der Waals surface area contributed by atoms with Crippen molar-refractivity contribution < 1.29 is 9.18 Å². The van der Waals surface area contributed by atoms with Crippen LogP contribution in [0.2, 0.25) is 0 Å². The fourth-order valence-electron chi connectivity index (χ4n) is 1.90. The van der Waals surface area contributed by atoms with Crippen molar-refractivity contribution in [2.24, 2.45) is 5.92 Å². The van der Waals surface area contributed by atoms with Crippen LogP contribution in [-0.2, 0) is 0 Å². The molecule has 0 radical (unpaired) electrons. The molecule has 0 spiro atoms. The maximum Gasteiger partial charge on any atom is 0.251 e. The van der Waals surface area contributed by atoms with Gasteiger partial charge in [-0.25, -0.2) is 4.98 Å². The van der Waals surface area contributed by atoms with Crippen LogP contribution in [0.1, 0.15) is 43.0 Å². The number of carbonyl (C=O) groups is 1. The van der Waals surface area contributed by atoms with Crippen molar-refractivity contribution in [2.45, 2.75) is 38.6 Å². The van der Waals surface area contributed by atoms with Crippen molar-refractivity contribution in [3.63, 3.8) is 0 Å². The summed E-state index contributed by atoms with van der Waals surface area (Å²) in [4.78, 5) is 15.3. The summed E-state index contributed by atoms with van der Waals surface area (Å²) < 4.78 is 12.9.